The smallest absolute Gasteiger partial charge is 0.317 e. The zero-order chi connectivity index (χ0) is 21.6. The van der Waals surface area contributed by atoms with Gasteiger partial charge in [0.1, 0.15) is 5.75 Å². The molecule has 4 fully saturated rings. The van der Waals surface area contributed by atoms with Crippen molar-refractivity contribution in [2.45, 2.75) is 51.0 Å². The fourth-order valence-corrected chi connectivity index (χ4v) is 6.69. The fraction of sp³-hybridized carbons (Fsp3) is 0.423. The van der Waals surface area contributed by atoms with Crippen molar-refractivity contribution in [2.24, 2.45) is 17.3 Å². The maximum absolute atomic E-state index is 13.4. The minimum absolute atomic E-state index is 0.0103. The molecule has 0 aromatic heterocycles. The van der Waals surface area contributed by atoms with Gasteiger partial charge in [-0.2, -0.15) is 5.26 Å². The summed E-state index contributed by atoms with van der Waals surface area (Å²) in [6.07, 6.45) is 5.55. The van der Waals surface area contributed by atoms with Gasteiger partial charge in [-0.1, -0.05) is 24.3 Å². The van der Waals surface area contributed by atoms with Crippen molar-refractivity contribution >= 4 is 11.9 Å². The molecule has 2 atom stereocenters. The van der Waals surface area contributed by atoms with Crippen molar-refractivity contribution in [3.05, 3.63) is 54.1 Å². The molecule has 0 spiro atoms. The Morgan fingerprint density at radius 2 is 1.55 bits per heavy atom. The van der Waals surface area contributed by atoms with Gasteiger partial charge in [-0.3, -0.25) is 9.59 Å². The number of nitriles is 1. The first-order valence-corrected chi connectivity index (χ1v) is 11.0. The Kier molecular flexibility index (Phi) is 4.62. The monoisotopic (exact) mass is 414 g/mol. The molecule has 0 radical (unpaired) electrons. The summed E-state index contributed by atoms with van der Waals surface area (Å²) in [5.74, 6) is 1.36. The Hall–Kier alpha value is -3.13. The van der Waals surface area contributed by atoms with Gasteiger partial charge in [0.25, 0.3) is 0 Å². The van der Waals surface area contributed by atoms with E-state index in [0.29, 0.717) is 29.6 Å². The highest BCUT2D eigenvalue weighted by Crippen LogP contribution is 2.62. The summed E-state index contributed by atoms with van der Waals surface area (Å²) < 4.78 is 5.88. The quantitative estimate of drug-likeness (QED) is 0.585. The Morgan fingerprint density at radius 3 is 2.10 bits per heavy atom. The van der Waals surface area contributed by atoms with Crippen LogP contribution in [0.15, 0.2) is 48.5 Å². The minimum Gasteiger partial charge on any atom is -0.426 e. The molecule has 4 aliphatic carbocycles. The highest BCUT2D eigenvalue weighted by Gasteiger charge is 2.61. The molecule has 4 bridgehead atoms. The third-order valence-electron chi connectivity index (χ3n) is 7.35. The molecule has 5 nitrogen and oxygen atoms in total. The highest BCUT2D eigenvalue weighted by atomic mass is 16.5. The van der Waals surface area contributed by atoms with E-state index in [4.69, 9.17) is 10.00 Å². The molecule has 1 amide bonds. The van der Waals surface area contributed by atoms with Crippen LogP contribution in [0.4, 0.5) is 0 Å². The Morgan fingerprint density at radius 1 is 0.968 bits per heavy atom. The molecule has 2 aromatic rings. The number of amides is 1. The summed E-state index contributed by atoms with van der Waals surface area (Å²) in [7, 11) is 0. The van der Waals surface area contributed by atoms with Gasteiger partial charge in [-0.05, 0) is 85.8 Å². The predicted molar refractivity (Wildman–Crippen MR) is 116 cm³/mol. The first-order chi connectivity index (χ1) is 14.9. The van der Waals surface area contributed by atoms with Crippen LogP contribution in [0.5, 0.6) is 5.75 Å². The number of benzene rings is 2. The fourth-order valence-electron chi connectivity index (χ4n) is 6.69. The van der Waals surface area contributed by atoms with E-state index in [9.17, 15) is 9.59 Å². The van der Waals surface area contributed by atoms with Crippen molar-refractivity contribution in [2.75, 3.05) is 0 Å². The van der Waals surface area contributed by atoms with Crippen LogP contribution < -0.4 is 10.1 Å². The van der Waals surface area contributed by atoms with E-state index < -0.39 is 5.41 Å². The summed E-state index contributed by atoms with van der Waals surface area (Å²) in [4.78, 5) is 25.2. The maximum atomic E-state index is 13.4. The second-order valence-electron chi connectivity index (χ2n) is 9.81. The zero-order valence-corrected chi connectivity index (χ0v) is 17.7. The number of carbonyl (C=O) groups is 2. The summed E-state index contributed by atoms with van der Waals surface area (Å²) in [5.41, 5.74) is 1.91. The van der Waals surface area contributed by atoms with Crippen molar-refractivity contribution in [1.29, 1.82) is 5.26 Å². The van der Waals surface area contributed by atoms with Gasteiger partial charge >= 0.3 is 5.97 Å². The number of nitrogens with zero attached hydrogens (tertiary/aromatic N) is 1. The highest BCUT2D eigenvalue weighted by molar-refractivity contribution is 5.81. The Balaban J connectivity index is 1.33. The van der Waals surface area contributed by atoms with Crippen molar-refractivity contribution in [1.82, 2.24) is 5.32 Å². The van der Waals surface area contributed by atoms with E-state index >= 15 is 0 Å². The van der Waals surface area contributed by atoms with Crippen LogP contribution in [-0.4, -0.2) is 17.4 Å². The molecule has 0 heterocycles. The molecule has 5 heteroatoms. The average molecular weight is 415 g/mol. The standard InChI is InChI=1S/C26H26N2O3/c1-17(29)28-26-13-19-10-20(14-26)12-25(11-19,16-26)24(30)31-23-8-6-22(7-9-23)21-4-2-18(15-27)3-5-21/h2-9,19-20H,10-14,16H2,1H3,(H,28,29). The number of ether oxygens (including phenoxy) is 1. The molecule has 2 unspecified atom stereocenters. The van der Waals surface area contributed by atoms with E-state index in [1.54, 1.807) is 19.1 Å². The molecule has 0 saturated heterocycles. The zero-order valence-electron chi connectivity index (χ0n) is 17.7. The lowest BCUT2D eigenvalue weighted by Gasteiger charge is -2.60. The van der Waals surface area contributed by atoms with Gasteiger partial charge in [0, 0.05) is 12.5 Å². The van der Waals surface area contributed by atoms with Gasteiger partial charge in [-0.25, -0.2) is 0 Å². The van der Waals surface area contributed by atoms with Crippen LogP contribution in [-0.2, 0) is 9.59 Å². The summed E-state index contributed by atoms with van der Waals surface area (Å²) in [6.45, 7) is 1.57. The van der Waals surface area contributed by atoms with Crippen LogP contribution in [0.25, 0.3) is 11.1 Å². The number of esters is 1. The third kappa shape index (κ3) is 3.61. The molecule has 0 aliphatic heterocycles. The lowest BCUT2D eigenvalue weighted by Crippen LogP contribution is -2.65. The summed E-state index contributed by atoms with van der Waals surface area (Å²) in [5, 5.41) is 12.1. The van der Waals surface area contributed by atoms with Crippen molar-refractivity contribution in [3.63, 3.8) is 0 Å². The minimum atomic E-state index is -0.488. The van der Waals surface area contributed by atoms with E-state index in [1.165, 1.54) is 0 Å². The SMILES string of the molecule is CC(=O)NC12CC3CC(C1)CC(C(=O)Oc1ccc(-c4ccc(C#N)cc4)cc1)(C3)C2. The summed E-state index contributed by atoms with van der Waals surface area (Å²) >= 11 is 0. The number of carbonyl (C=O) groups excluding carboxylic acids is 2. The van der Waals surface area contributed by atoms with E-state index in [2.05, 4.69) is 11.4 Å². The number of hydrogen-bond acceptors (Lipinski definition) is 4. The normalized spacial score (nSPS) is 30.5. The Bertz CT molecular complexity index is 1050. The molecule has 4 saturated carbocycles. The molecule has 4 aliphatic rings. The van der Waals surface area contributed by atoms with Crippen LogP contribution in [0.2, 0.25) is 0 Å². The molecule has 31 heavy (non-hydrogen) atoms. The van der Waals surface area contributed by atoms with Crippen LogP contribution in [0.1, 0.15) is 51.0 Å². The summed E-state index contributed by atoms with van der Waals surface area (Å²) in [6, 6.07) is 17.1. The molecule has 6 rings (SSSR count). The average Bonchev–Trinajstić information content (AvgIpc) is 2.72. The second-order valence-corrected chi connectivity index (χ2v) is 9.81. The van der Waals surface area contributed by atoms with Crippen molar-refractivity contribution < 1.29 is 14.3 Å². The van der Waals surface area contributed by atoms with Gasteiger partial charge in [-0.15, -0.1) is 0 Å². The van der Waals surface area contributed by atoms with E-state index in [1.807, 2.05) is 36.4 Å². The van der Waals surface area contributed by atoms with Crippen LogP contribution >= 0.6 is 0 Å². The molecular formula is C26H26N2O3. The largest absolute Gasteiger partial charge is 0.426 e. The van der Waals surface area contributed by atoms with Crippen LogP contribution in [0.3, 0.4) is 0 Å². The molecule has 158 valence electrons. The maximum Gasteiger partial charge on any atom is 0.317 e. The molecule has 1 N–H and O–H groups in total. The lowest BCUT2D eigenvalue weighted by atomic mass is 9.47. The molecular weight excluding hydrogens is 388 g/mol. The molecule has 2 aromatic carbocycles. The van der Waals surface area contributed by atoms with Crippen molar-refractivity contribution in [3.8, 4) is 22.9 Å². The van der Waals surface area contributed by atoms with E-state index in [-0.39, 0.29) is 17.4 Å². The number of hydrogen-bond donors (Lipinski definition) is 1. The lowest BCUT2D eigenvalue weighted by molar-refractivity contribution is -0.166. The van der Waals surface area contributed by atoms with Crippen LogP contribution in [0, 0.1) is 28.6 Å². The first-order valence-electron chi connectivity index (χ1n) is 11.0. The number of nitrogens with one attached hydrogen (secondary N) is 1. The Labute approximate surface area is 182 Å². The van der Waals surface area contributed by atoms with E-state index in [0.717, 1.165) is 43.2 Å². The number of rotatable bonds is 4. The van der Waals surface area contributed by atoms with Gasteiger partial charge in [0.15, 0.2) is 0 Å². The third-order valence-corrected chi connectivity index (χ3v) is 7.35. The van der Waals surface area contributed by atoms with Gasteiger partial charge in [0.05, 0.1) is 17.0 Å². The predicted octanol–water partition coefficient (Wildman–Crippen LogP) is 4.61. The topological polar surface area (TPSA) is 79.2 Å². The second kappa shape index (κ2) is 7.23. The van der Waals surface area contributed by atoms with Gasteiger partial charge < -0.3 is 10.1 Å². The van der Waals surface area contributed by atoms with Gasteiger partial charge in [0.2, 0.25) is 5.91 Å². The first kappa shape index (κ1) is 19.8.